The Bertz CT molecular complexity index is 500. The third-order valence-corrected chi connectivity index (χ3v) is 4.09. The minimum atomic E-state index is 0.106. The van der Waals surface area contributed by atoms with Gasteiger partial charge in [-0.25, -0.2) is 0 Å². The van der Waals surface area contributed by atoms with Gasteiger partial charge in [-0.1, -0.05) is 34.6 Å². The van der Waals surface area contributed by atoms with Crippen molar-refractivity contribution in [3.05, 3.63) is 23.0 Å². The average Bonchev–Trinajstić information content (AvgIpc) is 2.49. The maximum atomic E-state index is 12.3. The summed E-state index contributed by atoms with van der Waals surface area (Å²) in [5.74, 6) is 0.323. The molecule has 0 bridgehead atoms. The Labute approximate surface area is 117 Å². The van der Waals surface area contributed by atoms with E-state index < -0.39 is 0 Å². The van der Waals surface area contributed by atoms with Crippen molar-refractivity contribution in [3.63, 3.8) is 0 Å². The van der Waals surface area contributed by atoms with Crippen molar-refractivity contribution in [3.8, 4) is 0 Å². The van der Waals surface area contributed by atoms with E-state index in [1.807, 2.05) is 0 Å². The minimum absolute atomic E-state index is 0.106. The van der Waals surface area contributed by atoms with Crippen LogP contribution < -0.4 is 0 Å². The molecule has 0 aromatic carbocycles. The van der Waals surface area contributed by atoms with Crippen molar-refractivity contribution in [2.24, 2.45) is 10.8 Å². The van der Waals surface area contributed by atoms with Crippen molar-refractivity contribution < 1.29 is 4.79 Å². The molecule has 1 aromatic heterocycles. The van der Waals surface area contributed by atoms with E-state index in [9.17, 15) is 4.79 Å². The predicted octanol–water partition coefficient (Wildman–Crippen LogP) is 4.39. The van der Waals surface area contributed by atoms with E-state index in [1.165, 1.54) is 11.4 Å². The van der Waals surface area contributed by atoms with Gasteiger partial charge in [0.25, 0.3) is 0 Å². The summed E-state index contributed by atoms with van der Waals surface area (Å²) in [6.07, 6.45) is 2.85. The third-order valence-electron chi connectivity index (χ3n) is 4.09. The Kier molecular flexibility index (Phi) is 3.40. The van der Waals surface area contributed by atoms with E-state index in [4.69, 9.17) is 0 Å². The fourth-order valence-corrected chi connectivity index (χ4v) is 2.96. The van der Waals surface area contributed by atoms with E-state index >= 15 is 0 Å². The maximum Gasteiger partial charge on any atom is 0.165 e. The van der Waals surface area contributed by atoms with Gasteiger partial charge in [-0.3, -0.25) is 4.79 Å². The molecule has 0 unspecified atom stereocenters. The number of ketones is 1. The second-order valence-electron chi connectivity index (χ2n) is 8.05. The van der Waals surface area contributed by atoms with Gasteiger partial charge in [0.1, 0.15) is 0 Å². The summed E-state index contributed by atoms with van der Waals surface area (Å²) >= 11 is 0. The molecule has 2 heteroatoms. The number of nitrogens with zero attached hydrogens (tertiary/aromatic N) is 1. The van der Waals surface area contributed by atoms with Gasteiger partial charge in [-0.15, -0.1) is 0 Å². The number of hydrogen-bond acceptors (Lipinski definition) is 1. The highest BCUT2D eigenvalue weighted by molar-refractivity contribution is 5.99. The molecule has 2 rings (SSSR count). The predicted molar refractivity (Wildman–Crippen MR) is 79.7 cm³/mol. The van der Waals surface area contributed by atoms with Gasteiger partial charge < -0.3 is 4.57 Å². The largest absolute Gasteiger partial charge is 0.348 e. The van der Waals surface area contributed by atoms with Crippen LogP contribution in [-0.2, 0) is 13.0 Å². The first-order valence-electron chi connectivity index (χ1n) is 7.31. The standard InChI is InChI=1S/C17H27NO/c1-12-9-13-14(10-17(5,6)11-15(13)19)18(12)8-7-16(2,3)4/h9H,7-8,10-11H2,1-6H3. The lowest BCUT2D eigenvalue weighted by Crippen LogP contribution is -2.28. The molecule has 0 amide bonds. The zero-order chi connectivity index (χ0) is 14.4. The molecule has 19 heavy (non-hydrogen) atoms. The fourth-order valence-electron chi connectivity index (χ4n) is 2.96. The van der Waals surface area contributed by atoms with Gasteiger partial charge in [-0.2, -0.15) is 0 Å². The maximum absolute atomic E-state index is 12.3. The number of hydrogen-bond donors (Lipinski definition) is 0. The van der Waals surface area contributed by atoms with Gasteiger partial charge in [0.05, 0.1) is 0 Å². The Morgan fingerprint density at radius 3 is 2.47 bits per heavy atom. The number of aromatic nitrogens is 1. The number of aryl methyl sites for hydroxylation is 1. The Morgan fingerprint density at radius 1 is 1.26 bits per heavy atom. The summed E-state index contributed by atoms with van der Waals surface area (Å²) in [4.78, 5) is 12.3. The summed E-state index contributed by atoms with van der Waals surface area (Å²) in [5.41, 5.74) is 3.92. The zero-order valence-corrected chi connectivity index (χ0v) is 13.3. The van der Waals surface area contributed by atoms with Crippen LogP contribution in [0.3, 0.4) is 0 Å². The summed E-state index contributed by atoms with van der Waals surface area (Å²) < 4.78 is 2.37. The van der Waals surface area contributed by atoms with Crippen LogP contribution in [0.1, 0.15) is 69.2 Å². The lowest BCUT2D eigenvalue weighted by molar-refractivity contribution is 0.0910. The quantitative estimate of drug-likeness (QED) is 0.774. The molecule has 0 radical (unpaired) electrons. The van der Waals surface area contributed by atoms with Crippen LogP contribution in [0.5, 0.6) is 0 Å². The summed E-state index contributed by atoms with van der Waals surface area (Å²) in [7, 11) is 0. The van der Waals surface area contributed by atoms with Crippen molar-refractivity contribution in [2.75, 3.05) is 0 Å². The fraction of sp³-hybridized carbons (Fsp3) is 0.706. The molecule has 0 fully saturated rings. The SMILES string of the molecule is Cc1cc2c(n1CCC(C)(C)C)CC(C)(C)CC2=O. The van der Waals surface area contributed by atoms with Crippen LogP contribution in [0.4, 0.5) is 0 Å². The summed E-state index contributed by atoms with van der Waals surface area (Å²) in [5, 5.41) is 0. The molecule has 0 saturated heterocycles. The number of rotatable bonds is 2. The molecule has 0 atom stereocenters. The van der Waals surface area contributed by atoms with Crippen LogP contribution in [0.25, 0.3) is 0 Å². The molecule has 0 N–H and O–H groups in total. The minimum Gasteiger partial charge on any atom is -0.348 e. The first-order valence-corrected chi connectivity index (χ1v) is 7.31. The average molecular weight is 261 g/mol. The molecule has 1 aliphatic rings. The van der Waals surface area contributed by atoms with Gasteiger partial charge >= 0.3 is 0 Å². The van der Waals surface area contributed by atoms with Gasteiger partial charge in [0.2, 0.25) is 0 Å². The Balaban J connectivity index is 2.34. The lowest BCUT2D eigenvalue weighted by Gasteiger charge is -2.30. The highest BCUT2D eigenvalue weighted by atomic mass is 16.1. The molecule has 0 spiro atoms. The topological polar surface area (TPSA) is 22.0 Å². The van der Waals surface area contributed by atoms with E-state index in [1.54, 1.807) is 0 Å². The Morgan fingerprint density at radius 2 is 1.89 bits per heavy atom. The zero-order valence-electron chi connectivity index (χ0n) is 13.3. The van der Waals surface area contributed by atoms with Crippen LogP contribution in [0.2, 0.25) is 0 Å². The molecule has 1 aliphatic carbocycles. The summed E-state index contributed by atoms with van der Waals surface area (Å²) in [6, 6.07) is 2.09. The smallest absolute Gasteiger partial charge is 0.165 e. The molecule has 0 saturated carbocycles. The molecule has 0 aliphatic heterocycles. The molecule has 2 nitrogen and oxygen atoms in total. The Hall–Kier alpha value is -1.05. The highest BCUT2D eigenvalue weighted by Crippen LogP contribution is 2.36. The van der Waals surface area contributed by atoms with E-state index in [2.05, 4.69) is 52.2 Å². The normalized spacial score (nSPS) is 18.5. The van der Waals surface area contributed by atoms with E-state index in [-0.39, 0.29) is 5.41 Å². The van der Waals surface area contributed by atoms with Gasteiger partial charge in [0.15, 0.2) is 5.78 Å². The molecule has 1 heterocycles. The third kappa shape index (κ3) is 3.10. The first kappa shape index (κ1) is 14.4. The number of carbonyl (C=O) groups excluding carboxylic acids is 1. The van der Waals surface area contributed by atoms with Crippen LogP contribution in [0, 0.1) is 17.8 Å². The van der Waals surface area contributed by atoms with Crippen LogP contribution >= 0.6 is 0 Å². The number of Topliss-reactive ketones (excluding diaryl/α,β-unsaturated/α-hetero) is 1. The molecular weight excluding hydrogens is 234 g/mol. The van der Waals surface area contributed by atoms with E-state index in [0.29, 0.717) is 17.6 Å². The summed E-state index contributed by atoms with van der Waals surface area (Å²) in [6.45, 7) is 14.4. The lowest BCUT2D eigenvalue weighted by atomic mass is 9.76. The van der Waals surface area contributed by atoms with E-state index in [0.717, 1.165) is 24.9 Å². The molecule has 1 aromatic rings. The molecule has 106 valence electrons. The van der Waals surface area contributed by atoms with Gasteiger partial charge in [-0.05, 0) is 36.7 Å². The number of fused-ring (bicyclic) bond motifs is 1. The monoisotopic (exact) mass is 261 g/mol. The van der Waals surface area contributed by atoms with Crippen LogP contribution in [-0.4, -0.2) is 10.4 Å². The van der Waals surface area contributed by atoms with Gasteiger partial charge in [0, 0.05) is 29.9 Å². The van der Waals surface area contributed by atoms with Crippen molar-refractivity contribution >= 4 is 5.78 Å². The van der Waals surface area contributed by atoms with Crippen molar-refractivity contribution in [2.45, 2.75) is 67.3 Å². The highest BCUT2D eigenvalue weighted by Gasteiger charge is 2.33. The first-order chi connectivity index (χ1) is 8.59. The second-order valence-corrected chi connectivity index (χ2v) is 8.05. The van der Waals surface area contributed by atoms with Crippen molar-refractivity contribution in [1.82, 2.24) is 4.57 Å². The van der Waals surface area contributed by atoms with Crippen molar-refractivity contribution in [1.29, 1.82) is 0 Å². The number of carbonyl (C=O) groups is 1. The van der Waals surface area contributed by atoms with Crippen LogP contribution in [0.15, 0.2) is 6.07 Å². The molecular formula is C17H27NO. The second kappa shape index (κ2) is 4.50.